The van der Waals surface area contributed by atoms with E-state index in [2.05, 4.69) is 12.2 Å². The van der Waals surface area contributed by atoms with E-state index in [1.165, 1.54) is 0 Å². The molecule has 0 unspecified atom stereocenters. The monoisotopic (exact) mass is 400 g/mol. The molecule has 0 saturated carbocycles. The topological polar surface area (TPSA) is 49.4 Å². The summed E-state index contributed by atoms with van der Waals surface area (Å²) in [5.74, 6) is -0.171. The molecule has 0 radical (unpaired) electrons. The number of hydrogen-bond donors (Lipinski definition) is 1. The zero-order valence-electron chi connectivity index (χ0n) is 16.7. The van der Waals surface area contributed by atoms with Crippen LogP contribution >= 0.6 is 11.6 Å². The van der Waals surface area contributed by atoms with E-state index in [1.807, 2.05) is 49.4 Å². The normalized spacial score (nSPS) is 11.7. The number of carbonyl (C=O) groups excluding carboxylic acids is 2. The Morgan fingerprint density at radius 1 is 1.00 bits per heavy atom. The number of nitrogens with zero attached hydrogens (tertiary/aromatic N) is 1. The van der Waals surface area contributed by atoms with Gasteiger partial charge in [-0.1, -0.05) is 74.3 Å². The Labute approximate surface area is 172 Å². The maximum atomic E-state index is 13.1. The number of rotatable bonds is 10. The van der Waals surface area contributed by atoms with E-state index in [1.54, 1.807) is 17.0 Å². The second-order valence-electron chi connectivity index (χ2n) is 6.86. The first-order valence-electron chi connectivity index (χ1n) is 9.93. The van der Waals surface area contributed by atoms with E-state index in [0.29, 0.717) is 24.5 Å². The quantitative estimate of drug-likeness (QED) is 0.562. The van der Waals surface area contributed by atoms with Gasteiger partial charge in [0, 0.05) is 24.5 Å². The first-order valence-corrected chi connectivity index (χ1v) is 10.3. The minimum atomic E-state index is -0.659. The van der Waals surface area contributed by atoms with E-state index in [9.17, 15) is 9.59 Å². The Kier molecular flexibility index (Phi) is 9.02. The molecule has 1 N–H and O–H groups in total. The molecule has 0 aliphatic carbocycles. The zero-order chi connectivity index (χ0) is 20.4. The Morgan fingerprint density at radius 3 is 2.29 bits per heavy atom. The molecule has 2 amide bonds. The fourth-order valence-corrected chi connectivity index (χ4v) is 3.19. The van der Waals surface area contributed by atoms with Crippen molar-refractivity contribution < 1.29 is 9.59 Å². The minimum absolute atomic E-state index is 0.0306. The predicted octanol–water partition coefficient (Wildman–Crippen LogP) is 5.13. The summed E-state index contributed by atoms with van der Waals surface area (Å²) < 4.78 is 0. The van der Waals surface area contributed by atoms with Crippen LogP contribution < -0.4 is 5.32 Å². The molecule has 5 heteroatoms. The highest BCUT2D eigenvalue weighted by molar-refractivity contribution is 6.30. The van der Waals surface area contributed by atoms with Gasteiger partial charge in [-0.2, -0.15) is 0 Å². The molecule has 0 bridgehead atoms. The molecule has 0 aromatic heterocycles. The molecule has 150 valence electrons. The molecule has 0 fully saturated rings. The molecule has 2 aromatic rings. The third-order valence-electron chi connectivity index (χ3n) is 4.56. The van der Waals surface area contributed by atoms with Gasteiger partial charge in [0.2, 0.25) is 11.8 Å². The molecule has 0 heterocycles. The number of halogens is 1. The summed E-state index contributed by atoms with van der Waals surface area (Å²) in [5.41, 5.74) is 1.76. The SMILES string of the molecule is CCCCNC(=O)[C@@H](c1ccccc1)N(Cc1ccc(Cl)cc1)C(=O)CCC. The van der Waals surface area contributed by atoms with Gasteiger partial charge in [0.15, 0.2) is 0 Å². The van der Waals surface area contributed by atoms with Crippen LogP contribution in [0.1, 0.15) is 56.7 Å². The van der Waals surface area contributed by atoms with Crippen molar-refractivity contribution >= 4 is 23.4 Å². The molecule has 0 aliphatic rings. The molecule has 2 aromatic carbocycles. The summed E-state index contributed by atoms with van der Waals surface area (Å²) in [6.45, 7) is 5.02. The number of unbranched alkanes of at least 4 members (excludes halogenated alkanes) is 1. The van der Waals surface area contributed by atoms with Crippen LogP contribution in [0.5, 0.6) is 0 Å². The summed E-state index contributed by atoms with van der Waals surface area (Å²) in [7, 11) is 0. The number of carbonyl (C=O) groups is 2. The second-order valence-corrected chi connectivity index (χ2v) is 7.29. The Hall–Kier alpha value is -2.33. The number of benzene rings is 2. The lowest BCUT2D eigenvalue weighted by molar-refractivity contribution is -0.141. The van der Waals surface area contributed by atoms with Gasteiger partial charge in [0.1, 0.15) is 6.04 Å². The molecule has 2 rings (SSSR count). The van der Waals surface area contributed by atoms with Crippen molar-refractivity contribution in [3.05, 3.63) is 70.7 Å². The van der Waals surface area contributed by atoms with Crippen LogP contribution in [-0.2, 0) is 16.1 Å². The van der Waals surface area contributed by atoms with Gasteiger partial charge in [-0.15, -0.1) is 0 Å². The zero-order valence-corrected chi connectivity index (χ0v) is 17.4. The van der Waals surface area contributed by atoms with E-state index >= 15 is 0 Å². The van der Waals surface area contributed by atoms with Crippen LogP contribution in [0, 0.1) is 0 Å². The van der Waals surface area contributed by atoms with Crippen molar-refractivity contribution in [2.24, 2.45) is 0 Å². The van der Waals surface area contributed by atoms with Crippen LogP contribution in [0.3, 0.4) is 0 Å². The summed E-state index contributed by atoms with van der Waals surface area (Å²) >= 11 is 6.00. The van der Waals surface area contributed by atoms with Gasteiger partial charge >= 0.3 is 0 Å². The van der Waals surface area contributed by atoms with E-state index in [-0.39, 0.29) is 11.8 Å². The lowest BCUT2D eigenvalue weighted by Gasteiger charge is -2.31. The van der Waals surface area contributed by atoms with Crippen molar-refractivity contribution in [3.8, 4) is 0 Å². The molecule has 0 aliphatic heterocycles. The fourth-order valence-electron chi connectivity index (χ4n) is 3.06. The van der Waals surface area contributed by atoms with Gasteiger partial charge in [-0.05, 0) is 36.1 Å². The Balaban J connectivity index is 2.36. The van der Waals surface area contributed by atoms with E-state index in [4.69, 9.17) is 11.6 Å². The standard InChI is InChI=1S/C23H29ClN2O2/c1-3-5-16-25-23(28)22(19-10-7-6-8-11-19)26(21(27)9-4-2)17-18-12-14-20(24)15-13-18/h6-8,10-15,22H,3-5,9,16-17H2,1-2H3,(H,25,28)/t22-/m1/s1. The van der Waals surface area contributed by atoms with Crippen LogP contribution in [0.25, 0.3) is 0 Å². The van der Waals surface area contributed by atoms with Gasteiger partial charge < -0.3 is 10.2 Å². The summed E-state index contributed by atoms with van der Waals surface area (Å²) in [5, 5.41) is 3.65. The Morgan fingerprint density at radius 2 is 1.68 bits per heavy atom. The highest BCUT2D eigenvalue weighted by Gasteiger charge is 2.30. The van der Waals surface area contributed by atoms with Gasteiger partial charge in [0.05, 0.1) is 0 Å². The van der Waals surface area contributed by atoms with Crippen LogP contribution in [0.2, 0.25) is 5.02 Å². The third kappa shape index (κ3) is 6.38. The number of nitrogens with one attached hydrogen (secondary N) is 1. The van der Waals surface area contributed by atoms with Crippen LogP contribution in [0.4, 0.5) is 0 Å². The van der Waals surface area contributed by atoms with Crippen LogP contribution in [-0.4, -0.2) is 23.3 Å². The third-order valence-corrected chi connectivity index (χ3v) is 4.81. The highest BCUT2D eigenvalue weighted by Crippen LogP contribution is 2.25. The maximum Gasteiger partial charge on any atom is 0.247 e. The fraction of sp³-hybridized carbons (Fsp3) is 0.391. The highest BCUT2D eigenvalue weighted by atomic mass is 35.5. The molecule has 1 atom stereocenters. The van der Waals surface area contributed by atoms with E-state index in [0.717, 1.165) is 30.4 Å². The minimum Gasteiger partial charge on any atom is -0.354 e. The molecule has 0 spiro atoms. The first-order chi connectivity index (χ1) is 13.6. The molecular weight excluding hydrogens is 372 g/mol. The summed E-state index contributed by atoms with van der Waals surface area (Å²) in [4.78, 5) is 27.8. The van der Waals surface area contributed by atoms with Crippen molar-refractivity contribution in [1.82, 2.24) is 10.2 Å². The summed E-state index contributed by atoms with van der Waals surface area (Å²) in [6.07, 6.45) is 3.04. The molecule has 0 saturated heterocycles. The Bertz CT molecular complexity index is 747. The predicted molar refractivity (Wildman–Crippen MR) is 114 cm³/mol. The molecule has 4 nitrogen and oxygen atoms in total. The average Bonchev–Trinajstić information content (AvgIpc) is 2.70. The lowest BCUT2D eigenvalue weighted by Crippen LogP contribution is -2.43. The maximum absolute atomic E-state index is 13.1. The lowest BCUT2D eigenvalue weighted by atomic mass is 10.0. The number of hydrogen-bond acceptors (Lipinski definition) is 2. The first kappa shape index (κ1) is 22.0. The average molecular weight is 401 g/mol. The van der Waals surface area contributed by atoms with Gasteiger partial charge in [0.25, 0.3) is 0 Å². The number of amides is 2. The van der Waals surface area contributed by atoms with Crippen LogP contribution in [0.15, 0.2) is 54.6 Å². The smallest absolute Gasteiger partial charge is 0.247 e. The molecular formula is C23H29ClN2O2. The van der Waals surface area contributed by atoms with Crippen molar-refractivity contribution in [1.29, 1.82) is 0 Å². The van der Waals surface area contributed by atoms with Gasteiger partial charge in [-0.3, -0.25) is 9.59 Å². The van der Waals surface area contributed by atoms with Gasteiger partial charge in [-0.25, -0.2) is 0 Å². The second kappa shape index (κ2) is 11.5. The van der Waals surface area contributed by atoms with Crippen molar-refractivity contribution in [3.63, 3.8) is 0 Å². The summed E-state index contributed by atoms with van der Waals surface area (Å²) in [6, 6.07) is 16.2. The molecule has 28 heavy (non-hydrogen) atoms. The van der Waals surface area contributed by atoms with Crippen molar-refractivity contribution in [2.75, 3.05) is 6.54 Å². The van der Waals surface area contributed by atoms with Crippen molar-refractivity contribution in [2.45, 2.75) is 52.1 Å². The van der Waals surface area contributed by atoms with E-state index < -0.39 is 6.04 Å². The largest absolute Gasteiger partial charge is 0.354 e.